The van der Waals surface area contributed by atoms with Gasteiger partial charge in [-0.3, -0.25) is 14.4 Å². The number of hydrogen-bond acceptors (Lipinski definition) is 4. The lowest BCUT2D eigenvalue weighted by Crippen LogP contribution is -2.24. The Labute approximate surface area is 156 Å². The lowest BCUT2D eigenvalue weighted by atomic mass is 9.93. The average Bonchev–Trinajstić information content (AvgIpc) is 2.91. The highest BCUT2D eigenvalue weighted by Gasteiger charge is 2.38. The van der Waals surface area contributed by atoms with Crippen molar-refractivity contribution in [3.63, 3.8) is 0 Å². The van der Waals surface area contributed by atoms with Crippen molar-refractivity contribution in [2.24, 2.45) is 0 Å². The van der Waals surface area contributed by atoms with Gasteiger partial charge in [0, 0.05) is 6.42 Å². The van der Waals surface area contributed by atoms with Gasteiger partial charge in [0.05, 0.1) is 16.4 Å². The summed E-state index contributed by atoms with van der Waals surface area (Å²) in [5, 5.41) is -0.234. The summed E-state index contributed by atoms with van der Waals surface area (Å²) in [6.07, 6.45) is 3.84. The summed E-state index contributed by atoms with van der Waals surface area (Å²) < 4.78 is 1.24. The Hall–Kier alpha value is -2.66. The summed E-state index contributed by atoms with van der Waals surface area (Å²) in [7, 11) is 0. The van der Waals surface area contributed by atoms with Gasteiger partial charge in [0.15, 0.2) is 5.78 Å². The molecule has 0 N–H and O–H groups in total. The van der Waals surface area contributed by atoms with Crippen LogP contribution < -0.4 is 0 Å². The molecular formula is C21H17NO3S. The van der Waals surface area contributed by atoms with Crippen LogP contribution in [-0.4, -0.2) is 21.9 Å². The third-order valence-electron chi connectivity index (χ3n) is 4.64. The largest absolute Gasteiger partial charge is 0.295 e. The van der Waals surface area contributed by atoms with Gasteiger partial charge in [0.25, 0.3) is 11.8 Å². The maximum Gasteiger partial charge on any atom is 0.271 e. The van der Waals surface area contributed by atoms with E-state index in [1.165, 1.54) is 16.3 Å². The topological polar surface area (TPSA) is 54.5 Å². The fourth-order valence-electron chi connectivity index (χ4n) is 3.36. The monoisotopic (exact) mass is 363 g/mol. The minimum Gasteiger partial charge on any atom is -0.295 e. The van der Waals surface area contributed by atoms with Gasteiger partial charge in [0.2, 0.25) is 0 Å². The smallest absolute Gasteiger partial charge is 0.271 e. The van der Waals surface area contributed by atoms with Gasteiger partial charge < -0.3 is 0 Å². The van der Waals surface area contributed by atoms with Crippen LogP contribution in [0.4, 0.5) is 0 Å². The lowest BCUT2D eigenvalue weighted by Gasteiger charge is -2.26. The molecule has 130 valence electrons. The van der Waals surface area contributed by atoms with Crippen LogP contribution in [0, 0.1) is 0 Å². The number of benzene rings is 2. The Kier molecular flexibility index (Phi) is 4.47. The van der Waals surface area contributed by atoms with Gasteiger partial charge >= 0.3 is 0 Å². The molecule has 4 rings (SSSR count). The number of allylic oxidation sites excluding steroid dienone is 1. The second-order valence-corrected chi connectivity index (χ2v) is 7.43. The molecule has 0 aromatic heterocycles. The Balaban J connectivity index is 1.69. The van der Waals surface area contributed by atoms with Gasteiger partial charge in [-0.1, -0.05) is 42.5 Å². The molecule has 2 aliphatic rings. The number of carbonyl (C=O) groups is 3. The Morgan fingerprint density at radius 1 is 0.808 bits per heavy atom. The molecule has 5 heteroatoms. The van der Waals surface area contributed by atoms with Gasteiger partial charge in [0.1, 0.15) is 0 Å². The molecule has 2 aromatic carbocycles. The molecule has 0 bridgehead atoms. The Morgan fingerprint density at radius 2 is 1.42 bits per heavy atom. The van der Waals surface area contributed by atoms with Crippen LogP contribution in [0.3, 0.4) is 0 Å². The van der Waals surface area contributed by atoms with Crippen molar-refractivity contribution in [2.75, 3.05) is 0 Å². The number of amides is 2. The van der Waals surface area contributed by atoms with Crippen molar-refractivity contribution in [1.29, 1.82) is 0 Å². The first-order valence-corrected chi connectivity index (χ1v) is 9.41. The second kappa shape index (κ2) is 6.92. The molecule has 1 aliphatic carbocycles. The molecule has 1 heterocycles. The first-order chi connectivity index (χ1) is 12.6. The Bertz CT molecular complexity index is 885. The lowest BCUT2D eigenvalue weighted by molar-refractivity contribution is -0.115. The zero-order valence-electron chi connectivity index (χ0n) is 14.1. The quantitative estimate of drug-likeness (QED) is 0.598. The van der Waals surface area contributed by atoms with Gasteiger partial charge in [-0.2, -0.15) is 0 Å². The van der Waals surface area contributed by atoms with E-state index in [0.717, 1.165) is 24.0 Å². The molecule has 1 unspecified atom stereocenters. The Morgan fingerprint density at radius 3 is 2.04 bits per heavy atom. The van der Waals surface area contributed by atoms with Crippen LogP contribution in [0.2, 0.25) is 0 Å². The highest BCUT2D eigenvalue weighted by molar-refractivity contribution is 7.98. The highest BCUT2D eigenvalue weighted by Crippen LogP contribution is 2.43. The fraction of sp³-hybridized carbons (Fsp3) is 0.190. The van der Waals surface area contributed by atoms with E-state index in [2.05, 4.69) is 0 Å². The van der Waals surface area contributed by atoms with Crippen molar-refractivity contribution in [3.05, 3.63) is 82.9 Å². The molecule has 1 atom stereocenters. The number of nitrogens with zero attached hydrogens (tertiary/aromatic N) is 1. The molecule has 0 fully saturated rings. The van der Waals surface area contributed by atoms with Crippen LogP contribution in [0.5, 0.6) is 0 Å². The number of carbonyl (C=O) groups excluding carboxylic acids is 3. The van der Waals surface area contributed by atoms with Crippen molar-refractivity contribution >= 4 is 29.5 Å². The van der Waals surface area contributed by atoms with Gasteiger partial charge in [-0.15, -0.1) is 0 Å². The first-order valence-electron chi connectivity index (χ1n) is 8.58. The molecule has 1 aliphatic heterocycles. The van der Waals surface area contributed by atoms with Crippen molar-refractivity contribution in [3.8, 4) is 0 Å². The SMILES string of the molecule is O=C1C=C(C(SN2C(=O)c3ccccc3C2=O)c2ccccc2)CCC1. The first kappa shape index (κ1) is 16.8. The summed E-state index contributed by atoms with van der Waals surface area (Å²) in [6, 6.07) is 16.6. The van der Waals surface area contributed by atoms with Gasteiger partial charge in [-0.25, -0.2) is 4.31 Å². The molecule has 0 saturated carbocycles. The van der Waals surface area contributed by atoms with Crippen molar-refractivity contribution < 1.29 is 14.4 Å². The standard InChI is InChI=1S/C21H17NO3S/c23-16-10-6-9-15(13-16)19(14-7-2-1-3-8-14)26-22-20(24)17-11-4-5-12-18(17)21(22)25/h1-5,7-8,11-13,19H,6,9-10H2. The number of ketones is 1. The van der Waals surface area contributed by atoms with E-state index in [-0.39, 0.29) is 22.8 Å². The van der Waals surface area contributed by atoms with Crippen LogP contribution in [0.15, 0.2) is 66.2 Å². The van der Waals surface area contributed by atoms with E-state index in [1.807, 2.05) is 30.3 Å². The minimum atomic E-state index is -0.292. The van der Waals surface area contributed by atoms with Crippen LogP contribution >= 0.6 is 11.9 Å². The molecule has 0 radical (unpaired) electrons. The maximum atomic E-state index is 12.7. The minimum absolute atomic E-state index is 0.107. The predicted molar refractivity (Wildman–Crippen MR) is 101 cm³/mol. The third kappa shape index (κ3) is 2.99. The molecule has 2 aromatic rings. The number of hydrogen-bond donors (Lipinski definition) is 0. The third-order valence-corrected chi connectivity index (χ3v) is 5.97. The van der Waals surface area contributed by atoms with Crippen molar-refractivity contribution in [1.82, 2.24) is 4.31 Å². The normalized spacial score (nSPS) is 17.9. The summed E-state index contributed by atoms with van der Waals surface area (Å²) >= 11 is 1.20. The maximum absolute atomic E-state index is 12.7. The summed E-state index contributed by atoms with van der Waals surface area (Å²) in [6.45, 7) is 0. The molecular weight excluding hydrogens is 346 g/mol. The number of imide groups is 1. The molecule has 0 spiro atoms. The van der Waals surface area contributed by atoms with Crippen LogP contribution in [-0.2, 0) is 4.79 Å². The van der Waals surface area contributed by atoms with E-state index in [4.69, 9.17) is 0 Å². The molecule has 0 saturated heterocycles. The van der Waals surface area contributed by atoms with Crippen molar-refractivity contribution in [2.45, 2.75) is 24.5 Å². The number of rotatable bonds is 4. The number of fused-ring (bicyclic) bond motifs is 1. The molecule has 2 amide bonds. The van der Waals surface area contributed by atoms with E-state index in [0.29, 0.717) is 17.5 Å². The zero-order valence-corrected chi connectivity index (χ0v) is 14.9. The molecule has 4 nitrogen and oxygen atoms in total. The van der Waals surface area contributed by atoms with Crippen LogP contribution in [0.1, 0.15) is 50.8 Å². The second-order valence-electron chi connectivity index (χ2n) is 6.39. The highest BCUT2D eigenvalue weighted by atomic mass is 32.2. The summed E-state index contributed by atoms with van der Waals surface area (Å²) in [5.41, 5.74) is 2.82. The molecule has 26 heavy (non-hydrogen) atoms. The van der Waals surface area contributed by atoms with E-state index in [1.54, 1.807) is 30.3 Å². The average molecular weight is 363 g/mol. The zero-order chi connectivity index (χ0) is 18.1. The summed E-state index contributed by atoms with van der Waals surface area (Å²) in [4.78, 5) is 37.4. The summed E-state index contributed by atoms with van der Waals surface area (Å²) in [5.74, 6) is -0.478. The van der Waals surface area contributed by atoms with E-state index < -0.39 is 0 Å². The van der Waals surface area contributed by atoms with Gasteiger partial charge in [-0.05, 0) is 54.1 Å². The predicted octanol–water partition coefficient (Wildman–Crippen LogP) is 4.35. The van der Waals surface area contributed by atoms with Crippen LogP contribution in [0.25, 0.3) is 0 Å². The van der Waals surface area contributed by atoms with E-state index in [9.17, 15) is 14.4 Å². The van der Waals surface area contributed by atoms with E-state index >= 15 is 0 Å². The fourth-order valence-corrected chi connectivity index (χ4v) is 4.56.